The molecule has 2 atom stereocenters. The number of hydrogen-bond acceptors (Lipinski definition) is 8. The summed E-state index contributed by atoms with van der Waals surface area (Å²) in [7, 11) is -2.79. The third-order valence-electron chi connectivity index (χ3n) is 3.31. The molecule has 0 bridgehead atoms. The van der Waals surface area contributed by atoms with Crippen LogP contribution in [-0.2, 0) is 25.2 Å². The van der Waals surface area contributed by atoms with Crippen molar-refractivity contribution in [3.05, 3.63) is 64.5 Å². The number of non-ortho nitro benzene ring substituents is 1. The lowest BCUT2D eigenvalue weighted by atomic mass is 10.2. The van der Waals surface area contributed by atoms with Crippen LogP contribution in [0.4, 0.5) is 5.69 Å². The standard InChI is InChI=1S/C16H18N3O7P/c1-12(16(20)24-2)18-27(23,26-15-4-3-9-17-10-15)25-11-13-5-7-14(8-6-13)19(21)22/h3-10,12H,11H2,1-2H3,(H,18,23)/t12-,27?/m0/s1. The molecule has 144 valence electrons. The molecule has 0 spiro atoms. The number of rotatable bonds is 9. The largest absolute Gasteiger partial charge is 0.468 e. The fourth-order valence-corrected chi connectivity index (χ4v) is 3.43. The molecule has 0 saturated carbocycles. The minimum absolute atomic E-state index is 0.0778. The van der Waals surface area contributed by atoms with Crippen LogP contribution >= 0.6 is 7.75 Å². The van der Waals surface area contributed by atoms with Gasteiger partial charge >= 0.3 is 13.7 Å². The summed E-state index contributed by atoms with van der Waals surface area (Å²) in [5.74, 6) is -0.474. The van der Waals surface area contributed by atoms with E-state index in [1.54, 1.807) is 6.07 Å². The van der Waals surface area contributed by atoms with Crippen molar-refractivity contribution in [1.29, 1.82) is 0 Å². The van der Waals surface area contributed by atoms with Crippen LogP contribution in [0.3, 0.4) is 0 Å². The van der Waals surface area contributed by atoms with Crippen LogP contribution in [0.25, 0.3) is 0 Å². The minimum atomic E-state index is -3.99. The lowest BCUT2D eigenvalue weighted by Crippen LogP contribution is -2.34. The van der Waals surface area contributed by atoms with Crippen molar-refractivity contribution < 1.29 is 28.1 Å². The van der Waals surface area contributed by atoms with Crippen molar-refractivity contribution in [2.75, 3.05) is 7.11 Å². The van der Waals surface area contributed by atoms with Gasteiger partial charge in [0.25, 0.3) is 5.69 Å². The molecule has 1 N–H and O–H groups in total. The molecule has 10 nitrogen and oxygen atoms in total. The number of nitro groups is 1. The number of benzene rings is 1. The van der Waals surface area contributed by atoms with Crippen molar-refractivity contribution in [2.45, 2.75) is 19.6 Å². The van der Waals surface area contributed by atoms with Crippen molar-refractivity contribution in [2.24, 2.45) is 0 Å². The van der Waals surface area contributed by atoms with Crippen molar-refractivity contribution >= 4 is 19.4 Å². The lowest BCUT2D eigenvalue weighted by molar-refractivity contribution is -0.384. The summed E-state index contributed by atoms with van der Waals surface area (Å²) in [5, 5.41) is 13.2. The fraction of sp³-hybridized carbons (Fsp3) is 0.250. The molecule has 11 heteroatoms. The van der Waals surface area contributed by atoms with E-state index in [2.05, 4.69) is 14.8 Å². The molecule has 0 amide bonds. The number of carbonyl (C=O) groups excluding carboxylic acids is 1. The van der Waals surface area contributed by atoms with Gasteiger partial charge < -0.3 is 9.26 Å². The van der Waals surface area contributed by atoms with E-state index in [-0.39, 0.29) is 18.0 Å². The third kappa shape index (κ3) is 6.14. The van der Waals surface area contributed by atoms with E-state index < -0.39 is 24.7 Å². The van der Waals surface area contributed by atoms with Crippen molar-refractivity contribution in [3.8, 4) is 5.75 Å². The van der Waals surface area contributed by atoms with E-state index in [0.29, 0.717) is 5.56 Å². The first-order chi connectivity index (χ1) is 12.8. The third-order valence-corrected chi connectivity index (χ3v) is 4.94. The predicted molar refractivity (Wildman–Crippen MR) is 95.0 cm³/mol. The first-order valence-electron chi connectivity index (χ1n) is 7.76. The maximum atomic E-state index is 13.1. The number of nitrogens with one attached hydrogen (secondary N) is 1. The summed E-state index contributed by atoms with van der Waals surface area (Å²) in [4.78, 5) is 25.7. The van der Waals surface area contributed by atoms with Gasteiger partial charge in [-0.25, -0.2) is 4.57 Å². The molecule has 2 aromatic rings. The Morgan fingerprint density at radius 2 is 2.04 bits per heavy atom. The molecule has 27 heavy (non-hydrogen) atoms. The van der Waals surface area contributed by atoms with Gasteiger partial charge in [-0.05, 0) is 36.8 Å². The summed E-state index contributed by atoms with van der Waals surface area (Å²) in [5.41, 5.74) is 0.453. The highest BCUT2D eigenvalue weighted by atomic mass is 31.2. The van der Waals surface area contributed by atoms with Crippen LogP contribution in [0.5, 0.6) is 5.75 Å². The quantitative estimate of drug-likeness (QED) is 0.295. The smallest absolute Gasteiger partial charge is 0.459 e. The van der Waals surface area contributed by atoms with Crippen LogP contribution in [-0.4, -0.2) is 29.0 Å². The van der Waals surface area contributed by atoms with E-state index in [0.717, 1.165) is 0 Å². The normalized spacial score (nSPS) is 14.0. The molecule has 2 rings (SSSR count). The zero-order valence-corrected chi connectivity index (χ0v) is 15.5. The monoisotopic (exact) mass is 395 g/mol. The molecule has 1 aromatic heterocycles. The number of carbonyl (C=O) groups is 1. The average molecular weight is 395 g/mol. The Bertz CT molecular complexity index is 830. The van der Waals surface area contributed by atoms with E-state index in [1.165, 1.54) is 56.8 Å². The number of hydrogen-bond donors (Lipinski definition) is 1. The summed E-state index contributed by atoms with van der Waals surface area (Å²) in [6.07, 6.45) is 2.85. The van der Waals surface area contributed by atoms with Gasteiger partial charge in [0, 0.05) is 18.3 Å². The predicted octanol–water partition coefficient (Wildman–Crippen LogP) is 2.84. The Kier molecular flexibility index (Phi) is 7.00. The molecular formula is C16H18N3O7P. The van der Waals surface area contributed by atoms with E-state index in [1.807, 2.05) is 0 Å². The number of nitro benzene ring substituents is 1. The Morgan fingerprint density at radius 3 is 2.59 bits per heavy atom. The van der Waals surface area contributed by atoms with E-state index in [9.17, 15) is 19.5 Å². The van der Waals surface area contributed by atoms with Gasteiger partial charge in [0.05, 0.1) is 24.8 Å². The van der Waals surface area contributed by atoms with Gasteiger partial charge in [-0.1, -0.05) is 0 Å². The zero-order chi connectivity index (χ0) is 19.9. The Labute approximate surface area is 155 Å². The molecule has 1 unspecified atom stereocenters. The molecule has 0 aliphatic rings. The van der Waals surface area contributed by atoms with Crippen molar-refractivity contribution in [3.63, 3.8) is 0 Å². The first-order valence-corrected chi connectivity index (χ1v) is 9.30. The highest BCUT2D eigenvalue weighted by Gasteiger charge is 2.32. The molecule has 1 heterocycles. The second kappa shape index (κ2) is 9.22. The highest BCUT2D eigenvalue weighted by molar-refractivity contribution is 7.52. The zero-order valence-electron chi connectivity index (χ0n) is 14.6. The number of pyridine rings is 1. The SMILES string of the molecule is COC(=O)[C@H](C)NP(=O)(OCc1ccc([N+](=O)[O-])cc1)Oc1cccnc1. The second-order valence-corrected chi connectivity index (χ2v) is 7.04. The van der Waals surface area contributed by atoms with Gasteiger partial charge in [-0.3, -0.25) is 24.4 Å². The van der Waals surface area contributed by atoms with E-state index >= 15 is 0 Å². The Morgan fingerprint density at radius 1 is 1.33 bits per heavy atom. The molecule has 0 aliphatic heterocycles. The molecule has 0 saturated heterocycles. The Hall–Kier alpha value is -2.81. The van der Waals surface area contributed by atoms with Crippen LogP contribution in [0.15, 0.2) is 48.8 Å². The fourth-order valence-electron chi connectivity index (χ4n) is 1.97. The van der Waals surface area contributed by atoms with Gasteiger partial charge in [-0.2, -0.15) is 5.09 Å². The average Bonchev–Trinajstić information content (AvgIpc) is 2.66. The highest BCUT2D eigenvalue weighted by Crippen LogP contribution is 2.45. The van der Waals surface area contributed by atoms with E-state index in [4.69, 9.17) is 9.05 Å². The summed E-state index contributed by atoms with van der Waals surface area (Å²) in [6, 6.07) is 7.69. The summed E-state index contributed by atoms with van der Waals surface area (Å²) >= 11 is 0. The van der Waals surface area contributed by atoms with Gasteiger partial charge in [0.2, 0.25) is 0 Å². The number of aromatic nitrogens is 1. The molecular weight excluding hydrogens is 377 g/mol. The molecule has 0 radical (unpaired) electrons. The van der Waals surface area contributed by atoms with Crippen molar-refractivity contribution in [1.82, 2.24) is 10.1 Å². The van der Waals surface area contributed by atoms with Crippen LogP contribution in [0, 0.1) is 10.1 Å². The Balaban J connectivity index is 2.14. The maximum absolute atomic E-state index is 13.1. The molecule has 0 aliphatic carbocycles. The number of esters is 1. The summed E-state index contributed by atoms with van der Waals surface area (Å²) in [6.45, 7) is 1.27. The second-order valence-electron chi connectivity index (χ2n) is 5.35. The van der Waals surface area contributed by atoms with Gasteiger partial charge in [0.1, 0.15) is 11.8 Å². The first kappa shape index (κ1) is 20.5. The van der Waals surface area contributed by atoms with Gasteiger partial charge in [0.15, 0.2) is 0 Å². The number of nitrogens with zero attached hydrogens (tertiary/aromatic N) is 2. The van der Waals surface area contributed by atoms with Crippen LogP contribution in [0.1, 0.15) is 12.5 Å². The van der Waals surface area contributed by atoms with Crippen LogP contribution < -0.4 is 9.61 Å². The maximum Gasteiger partial charge on any atom is 0.459 e. The number of ether oxygens (including phenoxy) is 1. The minimum Gasteiger partial charge on any atom is -0.468 e. The lowest BCUT2D eigenvalue weighted by Gasteiger charge is -2.22. The topological polar surface area (TPSA) is 130 Å². The molecule has 1 aromatic carbocycles. The van der Waals surface area contributed by atoms with Crippen LogP contribution in [0.2, 0.25) is 0 Å². The molecule has 0 fully saturated rings. The van der Waals surface area contributed by atoms with Gasteiger partial charge in [-0.15, -0.1) is 0 Å². The summed E-state index contributed by atoms with van der Waals surface area (Å²) < 4.78 is 28.5. The number of methoxy groups -OCH3 is 1.